The van der Waals surface area contributed by atoms with Crippen molar-refractivity contribution in [3.63, 3.8) is 0 Å². The van der Waals surface area contributed by atoms with E-state index in [-0.39, 0.29) is 29.9 Å². The van der Waals surface area contributed by atoms with Gasteiger partial charge in [0, 0.05) is 65.3 Å². The molecular weight excluding hydrogens is 533 g/mol. The second-order valence-corrected chi connectivity index (χ2v) is 7.73. The first-order valence-electron chi connectivity index (χ1n) is 11.2. The summed E-state index contributed by atoms with van der Waals surface area (Å²) >= 11 is 0. The van der Waals surface area contributed by atoms with E-state index in [9.17, 15) is 4.79 Å². The Morgan fingerprint density at radius 3 is 2.61 bits per heavy atom. The second kappa shape index (κ2) is 14.9. The van der Waals surface area contributed by atoms with Gasteiger partial charge < -0.3 is 24.8 Å². The summed E-state index contributed by atoms with van der Waals surface area (Å²) in [5.74, 6) is 1.88. The molecule has 0 spiro atoms. The van der Waals surface area contributed by atoms with E-state index in [2.05, 4.69) is 61.2 Å². The van der Waals surface area contributed by atoms with Gasteiger partial charge in [-0.05, 0) is 12.5 Å². The van der Waals surface area contributed by atoms with Crippen molar-refractivity contribution in [2.24, 2.45) is 4.99 Å². The first kappa shape index (κ1) is 27.1. The number of aromatic nitrogens is 2. The normalized spacial score (nSPS) is 14.6. The van der Waals surface area contributed by atoms with Crippen LogP contribution in [0.5, 0.6) is 0 Å². The standard InChI is InChI=1S/C23H35N7O2.HI/c1-3-24-23(29-14-12-28(13-15-29)19-22(31)26-10-16-32-2)27-17-21-25-9-11-30(21)18-20-7-5-4-6-8-20;/h4-9,11H,3,10,12-19H2,1-2H3,(H,24,27)(H,26,31);1H. The highest BCUT2D eigenvalue weighted by Crippen LogP contribution is 2.08. The Hall–Kier alpha value is -2.18. The van der Waals surface area contributed by atoms with Crippen molar-refractivity contribution >= 4 is 35.8 Å². The maximum absolute atomic E-state index is 12.0. The summed E-state index contributed by atoms with van der Waals surface area (Å²) in [6, 6.07) is 10.4. The Kier molecular flexibility index (Phi) is 12.2. The van der Waals surface area contributed by atoms with Gasteiger partial charge in [-0.15, -0.1) is 24.0 Å². The Morgan fingerprint density at radius 2 is 1.91 bits per heavy atom. The lowest BCUT2D eigenvalue weighted by Gasteiger charge is -2.36. The molecule has 0 bridgehead atoms. The number of hydrogen-bond donors (Lipinski definition) is 2. The molecule has 1 aromatic carbocycles. The van der Waals surface area contributed by atoms with Gasteiger partial charge in [0.15, 0.2) is 5.96 Å². The smallest absolute Gasteiger partial charge is 0.234 e. The Labute approximate surface area is 213 Å². The lowest BCUT2D eigenvalue weighted by molar-refractivity contribution is -0.122. The van der Waals surface area contributed by atoms with Crippen LogP contribution >= 0.6 is 24.0 Å². The molecule has 33 heavy (non-hydrogen) atoms. The molecule has 1 aliphatic heterocycles. The van der Waals surface area contributed by atoms with Gasteiger partial charge in [0.25, 0.3) is 0 Å². The quantitative estimate of drug-likeness (QED) is 0.195. The number of piperazine rings is 1. The molecule has 1 aliphatic rings. The van der Waals surface area contributed by atoms with Gasteiger partial charge in [0.05, 0.1) is 13.2 Å². The Bertz CT molecular complexity index is 852. The average Bonchev–Trinajstić information content (AvgIpc) is 3.25. The SMILES string of the molecule is CCNC(=NCc1nccn1Cc1ccccc1)N1CCN(CC(=O)NCCOC)CC1.I. The van der Waals surface area contributed by atoms with Crippen molar-refractivity contribution in [3.05, 3.63) is 54.1 Å². The van der Waals surface area contributed by atoms with E-state index >= 15 is 0 Å². The third-order valence-corrected chi connectivity index (χ3v) is 5.37. The summed E-state index contributed by atoms with van der Waals surface area (Å²) < 4.78 is 7.11. The number of amides is 1. The van der Waals surface area contributed by atoms with Crippen LogP contribution in [0.4, 0.5) is 0 Å². The van der Waals surface area contributed by atoms with Crippen LogP contribution in [0.1, 0.15) is 18.3 Å². The molecule has 0 aliphatic carbocycles. The molecule has 1 aromatic heterocycles. The third-order valence-electron chi connectivity index (χ3n) is 5.37. The van der Waals surface area contributed by atoms with E-state index < -0.39 is 0 Å². The number of hydrogen-bond acceptors (Lipinski definition) is 5. The number of rotatable bonds is 10. The summed E-state index contributed by atoms with van der Waals surface area (Å²) in [5, 5.41) is 6.28. The highest BCUT2D eigenvalue weighted by atomic mass is 127. The average molecular weight is 569 g/mol. The number of methoxy groups -OCH3 is 1. The third kappa shape index (κ3) is 8.94. The molecular formula is C23H36IN7O2. The minimum Gasteiger partial charge on any atom is -0.383 e. The first-order chi connectivity index (χ1) is 15.7. The van der Waals surface area contributed by atoms with Gasteiger partial charge in [-0.1, -0.05) is 30.3 Å². The number of nitrogens with one attached hydrogen (secondary N) is 2. The van der Waals surface area contributed by atoms with E-state index in [4.69, 9.17) is 9.73 Å². The number of halogens is 1. The molecule has 1 saturated heterocycles. The van der Waals surface area contributed by atoms with Crippen LogP contribution in [0.25, 0.3) is 0 Å². The summed E-state index contributed by atoms with van der Waals surface area (Å²) in [4.78, 5) is 25.8. The van der Waals surface area contributed by atoms with Gasteiger partial charge in [-0.3, -0.25) is 9.69 Å². The second-order valence-electron chi connectivity index (χ2n) is 7.73. The molecule has 3 rings (SSSR count). The predicted octanol–water partition coefficient (Wildman–Crippen LogP) is 1.40. The topological polar surface area (TPSA) is 87.0 Å². The molecule has 1 amide bonds. The van der Waals surface area contributed by atoms with Crippen LogP contribution in [0.3, 0.4) is 0 Å². The number of ether oxygens (including phenoxy) is 1. The van der Waals surface area contributed by atoms with Crippen LogP contribution in [0, 0.1) is 0 Å². The van der Waals surface area contributed by atoms with Crippen molar-refractivity contribution in [3.8, 4) is 0 Å². The molecule has 0 unspecified atom stereocenters. The highest BCUT2D eigenvalue weighted by Gasteiger charge is 2.21. The van der Waals surface area contributed by atoms with Crippen LogP contribution < -0.4 is 10.6 Å². The predicted molar refractivity (Wildman–Crippen MR) is 141 cm³/mol. The fraction of sp³-hybridized carbons (Fsp3) is 0.522. The number of imidazole rings is 1. The number of guanidine groups is 1. The number of nitrogens with zero attached hydrogens (tertiary/aromatic N) is 5. The van der Waals surface area contributed by atoms with E-state index in [1.54, 1.807) is 7.11 Å². The van der Waals surface area contributed by atoms with Crippen LogP contribution in [-0.4, -0.2) is 90.7 Å². The highest BCUT2D eigenvalue weighted by molar-refractivity contribution is 14.0. The molecule has 10 heteroatoms. The summed E-state index contributed by atoms with van der Waals surface area (Å²) in [7, 11) is 1.63. The first-order valence-corrected chi connectivity index (χ1v) is 11.2. The zero-order chi connectivity index (χ0) is 22.6. The van der Waals surface area contributed by atoms with Crippen LogP contribution in [0.2, 0.25) is 0 Å². The Morgan fingerprint density at radius 1 is 1.15 bits per heavy atom. The van der Waals surface area contributed by atoms with Crippen LogP contribution in [-0.2, 0) is 22.6 Å². The van der Waals surface area contributed by atoms with Crippen molar-refractivity contribution in [1.82, 2.24) is 30.0 Å². The summed E-state index contributed by atoms with van der Waals surface area (Å²) in [6.07, 6.45) is 3.83. The van der Waals surface area contributed by atoms with Crippen LogP contribution in [0.15, 0.2) is 47.7 Å². The zero-order valence-corrected chi connectivity index (χ0v) is 21.9. The van der Waals surface area contributed by atoms with Gasteiger partial charge in [-0.2, -0.15) is 0 Å². The van der Waals surface area contributed by atoms with E-state index in [1.807, 2.05) is 18.5 Å². The number of carbonyl (C=O) groups excluding carboxylic acids is 1. The lowest BCUT2D eigenvalue weighted by atomic mass is 10.2. The van der Waals surface area contributed by atoms with Gasteiger partial charge in [0.1, 0.15) is 12.4 Å². The summed E-state index contributed by atoms with van der Waals surface area (Å²) in [6.45, 7) is 8.99. The van der Waals surface area contributed by atoms with E-state index in [0.717, 1.165) is 51.1 Å². The molecule has 2 N–H and O–H groups in total. The maximum Gasteiger partial charge on any atom is 0.234 e. The van der Waals surface area contributed by atoms with E-state index in [0.29, 0.717) is 26.2 Å². The number of carbonyl (C=O) groups is 1. The fourth-order valence-corrected chi connectivity index (χ4v) is 3.66. The monoisotopic (exact) mass is 569 g/mol. The largest absolute Gasteiger partial charge is 0.383 e. The zero-order valence-electron chi connectivity index (χ0n) is 19.6. The van der Waals surface area contributed by atoms with Crippen molar-refractivity contribution in [1.29, 1.82) is 0 Å². The Balaban J connectivity index is 0.00000385. The molecule has 1 fully saturated rings. The van der Waals surface area contributed by atoms with Gasteiger partial charge in [-0.25, -0.2) is 9.98 Å². The summed E-state index contributed by atoms with van der Waals surface area (Å²) in [5.41, 5.74) is 1.24. The maximum atomic E-state index is 12.0. The lowest BCUT2D eigenvalue weighted by Crippen LogP contribution is -2.54. The molecule has 0 saturated carbocycles. The molecule has 9 nitrogen and oxygen atoms in total. The molecule has 0 radical (unpaired) electrons. The number of aliphatic imine (C=N–C) groups is 1. The number of benzene rings is 1. The fourth-order valence-electron chi connectivity index (χ4n) is 3.66. The molecule has 0 atom stereocenters. The van der Waals surface area contributed by atoms with Gasteiger partial charge in [0.2, 0.25) is 5.91 Å². The molecule has 2 aromatic rings. The van der Waals surface area contributed by atoms with Gasteiger partial charge >= 0.3 is 0 Å². The van der Waals surface area contributed by atoms with Crippen molar-refractivity contribution < 1.29 is 9.53 Å². The minimum absolute atomic E-state index is 0. The molecule has 2 heterocycles. The van der Waals surface area contributed by atoms with Crippen molar-refractivity contribution in [2.75, 3.05) is 59.5 Å². The van der Waals surface area contributed by atoms with E-state index in [1.165, 1.54) is 5.56 Å². The minimum atomic E-state index is 0. The molecule has 182 valence electrons. The van der Waals surface area contributed by atoms with Crippen molar-refractivity contribution in [2.45, 2.75) is 20.0 Å².